The summed E-state index contributed by atoms with van der Waals surface area (Å²) in [7, 11) is 0. The molecule has 0 saturated carbocycles. The van der Waals surface area contributed by atoms with E-state index in [1.54, 1.807) is 0 Å². The lowest BCUT2D eigenvalue weighted by atomic mass is 9.97. The second-order valence-electron chi connectivity index (χ2n) is 10.1. The first-order valence-corrected chi connectivity index (χ1v) is 12.9. The Kier molecular flexibility index (Phi) is 8.30. The summed E-state index contributed by atoms with van der Waals surface area (Å²) in [5.41, 5.74) is -0.874. The van der Waals surface area contributed by atoms with Gasteiger partial charge in [-0.1, -0.05) is 0 Å². The van der Waals surface area contributed by atoms with Crippen molar-refractivity contribution in [3.05, 3.63) is 46.6 Å². The fourth-order valence-corrected chi connectivity index (χ4v) is 4.92. The molecule has 42 heavy (non-hydrogen) atoms. The summed E-state index contributed by atoms with van der Waals surface area (Å²) in [4.78, 5) is 13.5. The molecule has 3 aromatic rings. The number of ether oxygens (including phenoxy) is 4. The second kappa shape index (κ2) is 11.6. The van der Waals surface area contributed by atoms with E-state index >= 15 is 0 Å². The number of aliphatic hydroxyl groups is 6. The molecule has 15 heteroatoms. The molecule has 2 saturated heterocycles. The van der Waals surface area contributed by atoms with E-state index in [4.69, 9.17) is 23.4 Å². The molecule has 10 unspecified atom stereocenters. The van der Waals surface area contributed by atoms with Crippen LogP contribution in [-0.2, 0) is 14.2 Å². The van der Waals surface area contributed by atoms with E-state index < -0.39 is 84.9 Å². The lowest BCUT2D eigenvalue weighted by Crippen LogP contribution is -2.64. The number of hydrogen-bond donors (Lipinski definition) is 9. The Balaban J connectivity index is 1.45. The highest BCUT2D eigenvalue weighted by Crippen LogP contribution is 2.38. The van der Waals surface area contributed by atoms with Gasteiger partial charge in [0.25, 0.3) is 0 Å². The number of hydrogen-bond acceptors (Lipinski definition) is 15. The summed E-state index contributed by atoms with van der Waals surface area (Å²) in [5, 5.41) is 91.2. The van der Waals surface area contributed by atoms with Crippen molar-refractivity contribution in [2.75, 3.05) is 6.61 Å². The smallest absolute Gasteiger partial charge is 0.239 e. The van der Waals surface area contributed by atoms with Gasteiger partial charge < -0.3 is 69.3 Å². The van der Waals surface area contributed by atoms with Gasteiger partial charge >= 0.3 is 0 Å². The molecule has 0 radical (unpaired) electrons. The van der Waals surface area contributed by atoms with Crippen LogP contribution >= 0.6 is 0 Å². The Bertz CT molecular complexity index is 1470. The summed E-state index contributed by atoms with van der Waals surface area (Å²) >= 11 is 0. The van der Waals surface area contributed by atoms with Gasteiger partial charge in [-0.25, -0.2) is 0 Å². The van der Waals surface area contributed by atoms with Gasteiger partial charge in [-0.05, 0) is 31.2 Å². The molecule has 0 amide bonds. The Hall–Kier alpha value is -3.51. The van der Waals surface area contributed by atoms with Crippen molar-refractivity contribution in [3.8, 4) is 34.3 Å². The van der Waals surface area contributed by atoms with Gasteiger partial charge in [-0.2, -0.15) is 0 Å². The standard InChI is InChI=1S/C27H30O15/c1-9-23(41-27-21(36)19(34)17(32)15(8-28)40-27)20(35)22(37)26(38-9)42-25-18(33)16-13(31)6-12(30)7-14(16)39-24(25)10-2-4-11(29)5-3-10/h2-7,9,15,17,19-23,26-32,34-37H,8H2,1H3. The summed E-state index contributed by atoms with van der Waals surface area (Å²) in [6.45, 7) is 0.702. The molecule has 0 spiro atoms. The van der Waals surface area contributed by atoms with Crippen LogP contribution in [0.2, 0.25) is 0 Å². The molecule has 5 rings (SSSR count). The first kappa shape index (κ1) is 30.0. The SMILES string of the molecule is CC1OC(Oc2c(-c3ccc(O)cc3)oc3cc(O)cc(O)c3c2=O)C(O)C(O)C1OC1OC(CO)C(O)C(O)C1O. The van der Waals surface area contributed by atoms with E-state index in [9.17, 15) is 50.8 Å². The van der Waals surface area contributed by atoms with Crippen molar-refractivity contribution in [1.82, 2.24) is 0 Å². The topological polar surface area (TPSA) is 249 Å². The summed E-state index contributed by atoms with van der Waals surface area (Å²) < 4.78 is 28.2. The van der Waals surface area contributed by atoms with Gasteiger partial charge in [0.15, 0.2) is 12.1 Å². The van der Waals surface area contributed by atoms with Crippen LogP contribution in [0.3, 0.4) is 0 Å². The van der Waals surface area contributed by atoms with E-state index in [1.807, 2.05) is 0 Å². The molecular formula is C27H30O15. The zero-order valence-electron chi connectivity index (χ0n) is 21.9. The highest BCUT2D eigenvalue weighted by Gasteiger charge is 2.50. The zero-order chi connectivity index (χ0) is 30.5. The van der Waals surface area contributed by atoms with E-state index in [0.29, 0.717) is 0 Å². The van der Waals surface area contributed by atoms with Gasteiger partial charge in [0.05, 0.1) is 12.7 Å². The van der Waals surface area contributed by atoms with Crippen LogP contribution in [0.4, 0.5) is 0 Å². The van der Waals surface area contributed by atoms with Crippen molar-refractivity contribution in [2.24, 2.45) is 0 Å². The minimum absolute atomic E-state index is 0.0898. The molecule has 10 atom stereocenters. The molecule has 228 valence electrons. The van der Waals surface area contributed by atoms with Gasteiger partial charge in [0.1, 0.15) is 70.9 Å². The normalized spacial score (nSPS) is 33.5. The number of phenols is 3. The van der Waals surface area contributed by atoms with Crippen LogP contribution in [0.15, 0.2) is 45.6 Å². The van der Waals surface area contributed by atoms with Gasteiger partial charge in [-0.3, -0.25) is 4.79 Å². The molecule has 1 aromatic heterocycles. The second-order valence-corrected chi connectivity index (χ2v) is 10.1. The fourth-order valence-electron chi connectivity index (χ4n) is 4.92. The molecule has 2 aromatic carbocycles. The third-order valence-corrected chi connectivity index (χ3v) is 7.20. The number of fused-ring (bicyclic) bond motifs is 1. The molecule has 2 aliphatic heterocycles. The van der Waals surface area contributed by atoms with E-state index in [0.717, 1.165) is 12.1 Å². The first-order valence-electron chi connectivity index (χ1n) is 12.9. The molecule has 2 aliphatic rings. The maximum absolute atomic E-state index is 13.5. The Labute approximate surface area is 236 Å². The highest BCUT2D eigenvalue weighted by atomic mass is 16.7. The third-order valence-electron chi connectivity index (χ3n) is 7.20. The maximum atomic E-state index is 13.5. The molecule has 0 bridgehead atoms. The fraction of sp³-hybridized carbons (Fsp3) is 0.444. The van der Waals surface area contributed by atoms with Crippen LogP contribution < -0.4 is 10.2 Å². The Morgan fingerprint density at radius 3 is 2.14 bits per heavy atom. The molecule has 2 fully saturated rings. The van der Waals surface area contributed by atoms with Gasteiger partial charge in [-0.15, -0.1) is 0 Å². The molecule has 3 heterocycles. The lowest BCUT2D eigenvalue weighted by Gasteiger charge is -2.45. The summed E-state index contributed by atoms with van der Waals surface area (Å²) in [6, 6.07) is 7.43. The number of aliphatic hydroxyl groups excluding tert-OH is 6. The number of aromatic hydroxyl groups is 3. The van der Waals surface area contributed by atoms with Crippen LogP contribution in [0.25, 0.3) is 22.3 Å². The van der Waals surface area contributed by atoms with E-state index in [2.05, 4.69) is 0 Å². The van der Waals surface area contributed by atoms with E-state index in [1.165, 1.54) is 31.2 Å². The predicted molar refractivity (Wildman–Crippen MR) is 139 cm³/mol. The number of benzene rings is 2. The molecular weight excluding hydrogens is 564 g/mol. The third kappa shape index (κ3) is 5.37. The van der Waals surface area contributed by atoms with E-state index in [-0.39, 0.29) is 33.8 Å². The monoisotopic (exact) mass is 594 g/mol. The lowest BCUT2D eigenvalue weighted by molar-refractivity contribution is -0.348. The van der Waals surface area contributed by atoms with Crippen molar-refractivity contribution in [3.63, 3.8) is 0 Å². The number of rotatable bonds is 6. The highest BCUT2D eigenvalue weighted by molar-refractivity contribution is 5.88. The van der Waals surface area contributed by atoms with Crippen molar-refractivity contribution in [1.29, 1.82) is 0 Å². The molecule has 15 nitrogen and oxygen atoms in total. The quantitative estimate of drug-likeness (QED) is 0.159. The number of phenolic OH excluding ortho intramolecular Hbond substituents is 3. The average molecular weight is 595 g/mol. The molecule has 0 aliphatic carbocycles. The Morgan fingerprint density at radius 1 is 0.810 bits per heavy atom. The minimum Gasteiger partial charge on any atom is -0.508 e. The van der Waals surface area contributed by atoms with Gasteiger partial charge in [0.2, 0.25) is 17.5 Å². The minimum atomic E-state index is -1.88. The maximum Gasteiger partial charge on any atom is 0.239 e. The summed E-state index contributed by atoms with van der Waals surface area (Å²) in [6.07, 6.45) is -15.9. The first-order chi connectivity index (χ1) is 19.9. The largest absolute Gasteiger partial charge is 0.508 e. The van der Waals surface area contributed by atoms with Gasteiger partial charge in [0, 0.05) is 17.7 Å². The van der Waals surface area contributed by atoms with Crippen molar-refractivity contribution in [2.45, 2.75) is 68.3 Å². The zero-order valence-corrected chi connectivity index (χ0v) is 21.9. The van der Waals surface area contributed by atoms with Crippen LogP contribution in [0.5, 0.6) is 23.0 Å². The average Bonchev–Trinajstić information content (AvgIpc) is 2.95. The van der Waals surface area contributed by atoms with Crippen molar-refractivity contribution >= 4 is 11.0 Å². The van der Waals surface area contributed by atoms with Crippen molar-refractivity contribution < 1.29 is 69.3 Å². The Morgan fingerprint density at radius 2 is 1.48 bits per heavy atom. The summed E-state index contributed by atoms with van der Waals surface area (Å²) in [5.74, 6) is -1.84. The van der Waals surface area contributed by atoms with Crippen LogP contribution in [0, 0.1) is 0 Å². The predicted octanol–water partition coefficient (Wildman–Crippen LogP) is -1.39. The molecule has 9 N–H and O–H groups in total. The van der Waals surface area contributed by atoms with Crippen LogP contribution in [0.1, 0.15) is 6.92 Å². The van der Waals surface area contributed by atoms with Crippen LogP contribution in [-0.4, -0.2) is 114 Å².